The van der Waals surface area contributed by atoms with E-state index in [0.29, 0.717) is 15.6 Å². The molecule has 1 unspecified atom stereocenters. The lowest BCUT2D eigenvalue weighted by Crippen LogP contribution is -2.39. The third-order valence-corrected chi connectivity index (χ3v) is 5.06. The van der Waals surface area contributed by atoms with Gasteiger partial charge in [-0.05, 0) is 29.8 Å². The predicted molar refractivity (Wildman–Crippen MR) is 103 cm³/mol. The van der Waals surface area contributed by atoms with Crippen LogP contribution in [0.4, 0.5) is 4.39 Å². The second kappa shape index (κ2) is 7.85. The highest BCUT2D eigenvalue weighted by Crippen LogP contribution is 2.28. The molecule has 1 heterocycles. The molecule has 0 bridgehead atoms. The van der Waals surface area contributed by atoms with E-state index < -0.39 is 23.7 Å². The Hall–Kier alpha value is -2.77. The molecule has 1 aromatic heterocycles. The van der Waals surface area contributed by atoms with Crippen LogP contribution in [0.15, 0.2) is 53.9 Å². The van der Waals surface area contributed by atoms with E-state index in [9.17, 15) is 14.0 Å². The van der Waals surface area contributed by atoms with E-state index in [1.165, 1.54) is 36.6 Å². The minimum absolute atomic E-state index is 0.167. The van der Waals surface area contributed by atoms with Crippen molar-refractivity contribution in [3.8, 4) is 10.6 Å². The molecule has 0 fully saturated rings. The lowest BCUT2D eigenvalue weighted by Gasteiger charge is -2.25. The standard InChI is InChI=1S/C19H15ClFN3O2S/c1-24(16(17(22)25)11-4-3-7-14(21)9-11)19(26)15-10-27-18(23-15)12-5-2-6-13(20)8-12/h2-10,16H,1H3,(H2,22,25). The average Bonchev–Trinajstić information content (AvgIpc) is 3.11. The fourth-order valence-corrected chi connectivity index (χ4v) is 3.66. The van der Waals surface area contributed by atoms with Crippen molar-refractivity contribution in [1.29, 1.82) is 0 Å². The van der Waals surface area contributed by atoms with Crippen molar-refractivity contribution < 1.29 is 14.0 Å². The summed E-state index contributed by atoms with van der Waals surface area (Å²) < 4.78 is 13.5. The highest BCUT2D eigenvalue weighted by atomic mass is 35.5. The number of hydrogen-bond donors (Lipinski definition) is 1. The van der Waals surface area contributed by atoms with Crippen LogP contribution in [0.3, 0.4) is 0 Å². The van der Waals surface area contributed by atoms with Crippen LogP contribution in [-0.2, 0) is 4.79 Å². The number of likely N-dealkylation sites (N-methyl/N-ethyl adjacent to an activating group) is 1. The van der Waals surface area contributed by atoms with Gasteiger partial charge in [0.05, 0.1) is 0 Å². The molecular formula is C19H15ClFN3O2S. The molecule has 3 rings (SSSR count). The number of primary amides is 1. The Labute approximate surface area is 164 Å². The smallest absolute Gasteiger partial charge is 0.274 e. The molecule has 138 valence electrons. The molecule has 1 atom stereocenters. The molecule has 0 saturated heterocycles. The van der Waals surface area contributed by atoms with E-state index in [0.717, 1.165) is 10.5 Å². The first-order valence-corrected chi connectivity index (χ1v) is 9.16. The van der Waals surface area contributed by atoms with Gasteiger partial charge in [0.25, 0.3) is 5.91 Å². The molecule has 0 spiro atoms. The molecule has 27 heavy (non-hydrogen) atoms. The zero-order chi connectivity index (χ0) is 19.6. The first-order valence-electron chi connectivity index (χ1n) is 7.90. The number of nitrogens with zero attached hydrogens (tertiary/aromatic N) is 2. The summed E-state index contributed by atoms with van der Waals surface area (Å²) in [4.78, 5) is 30.2. The molecule has 0 aliphatic carbocycles. The van der Waals surface area contributed by atoms with Crippen molar-refractivity contribution in [2.75, 3.05) is 7.05 Å². The highest BCUT2D eigenvalue weighted by Gasteiger charge is 2.29. The van der Waals surface area contributed by atoms with Crippen LogP contribution in [0, 0.1) is 5.82 Å². The van der Waals surface area contributed by atoms with E-state index in [1.807, 2.05) is 6.07 Å². The topological polar surface area (TPSA) is 76.3 Å². The number of hydrogen-bond acceptors (Lipinski definition) is 4. The second-order valence-electron chi connectivity index (χ2n) is 5.82. The summed E-state index contributed by atoms with van der Waals surface area (Å²) in [5.41, 5.74) is 6.71. The van der Waals surface area contributed by atoms with Crippen LogP contribution in [0.5, 0.6) is 0 Å². The number of aromatic nitrogens is 1. The van der Waals surface area contributed by atoms with Crippen LogP contribution < -0.4 is 5.73 Å². The van der Waals surface area contributed by atoms with Gasteiger partial charge in [0.2, 0.25) is 5.91 Å². The van der Waals surface area contributed by atoms with Gasteiger partial charge in [-0.1, -0.05) is 35.9 Å². The Morgan fingerprint density at radius 3 is 2.63 bits per heavy atom. The molecule has 8 heteroatoms. The van der Waals surface area contributed by atoms with Crippen molar-refractivity contribution in [1.82, 2.24) is 9.88 Å². The van der Waals surface area contributed by atoms with Gasteiger partial charge in [0.15, 0.2) is 0 Å². The van der Waals surface area contributed by atoms with Gasteiger partial charge in [-0.25, -0.2) is 9.37 Å². The normalized spacial score (nSPS) is 11.8. The molecule has 5 nitrogen and oxygen atoms in total. The van der Waals surface area contributed by atoms with Gasteiger partial charge in [0, 0.05) is 23.0 Å². The second-order valence-corrected chi connectivity index (χ2v) is 7.12. The molecule has 0 radical (unpaired) electrons. The number of carbonyl (C=O) groups excluding carboxylic acids is 2. The van der Waals surface area contributed by atoms with Gasteiger partial charge >= 0.3 is 0 Å². The van der Waals surface area contributed by atoms with Crippen LogP contribution >= 0.6 is 22.9 Å². The summed E-state index contributed by atoms with van der Waals surface area (Å²) in [5.74, 6) is -1.77. The summed E-state index contributed by atoms with van der Waals surface area (Å²) in [6.45, 7) is 0. The number of carbonyl (C=O) groups is 2. The average molecular weight is 404 g/mol. The Balaban J connectivity index is 1.89. The van der Waals surface area contributed by atoms with Crippen molar-refractivity contribution in [2.24, 2.45) is 5.73 Å². The van der Waals surface area contributed by atoms with Gasteiger partial charge in [-0.2, -0.15) is 0 Å². The Kier molecular flexibility index (Phi) is 5.53. The maximum Gasteiger partial charge on any atom is 0.274 e. The Morgan fingerprint density at radius 1 is 1.22 bits per heavy atom. The zero-order valence-electron chi connectivity index (χ0n) is 14.2. The minimum atomic E-state index is -1.11. The summed E-state index contributed by atoms with van der Waals surface area (Å²) in [7, 11) is 1.43. The van der Waals surface area contributed by atoms with Crippen molar-refractivity contribution >= 4 is 34.8 Å². The number of amides is 2. The van der Waals surface area contributed by atoms with Gasteiger partial charge in [-0.15, -0.1) is 11.3 Å². The van der Waals surface area contributed by atoms with Crippen molar-refractivity contribution in [2.45, 2.75) is 6.04 Å². The fourth-order valence-electron chi connectivity index (χ4n) is 2.68. The minimum Gasteiger partial charge on any atom is -0.368 e. The number of rotatable bonds is 5. The van der Waals surface area contributed by atoms with Crippen LogP contribution in [0.25, 0.3) is 10.6 Å². The Bertz CT molecular complexity index is 1010. The van der Waals surface area contributed by atoms with Crippen molar-refractivity contribution in [3.05, 3.63) is 76.0 Å². The van der Waals surface area contributed by atoms with Crippen LogP contribution in [0.2, 0.25) is 5.02 Å². The first kappa shape index (κ1) is 19.0. The number of halogens is 2. The lowest BCUT2D eigenvalue weighted by atomic mass is 10.0. The maximum absolute atomic E-state index is 13.5. The third-order valence-electron chi connectivity index (χ3n) is 3.94. The number of thiazole rings is 1. The summed E-state index contributed by atoms with van der Waals surface area (Å²) in [6.07, 6.45) is 0. The Morgan fingerprint density at radius 2 is 1.96 bits per heavy atom. The van der Waals surface area contributed by atoms with Crippen LogP contribution in [-0.4, -0.2) is 28.7 Å². The molecule has 3 aromatic rings. The van der Waals surface area contributed by atoms with E-state index in [1.54, 1.807) is 29.6 Å². The number of benzene rings is 2. The van der Waals surface area contributed by atoms with Crippen LogP contribution in [0.1, 0.15) is 22.1 Å². The number of nitrogens with two attached hydrogens (primary N) is 1. The maximum atomic E-state index is 13.5. The van der Waals surface area contributed by atoms with E-state index in [4.69, 9.17) is 17.3 Å². The quantitative estimate of drug-likeness (QED) is 0.701. The fraction of sp³-hybridized carbons (Fsp3) is 0.105. The lowest BCUT2D eigenvalue weighted by molar-refractivity contribution is -0.122. The zero-order valence-corrected chi connectivity index (χ0v) is 15.8. The summed E-state index contributed by atoms with van der Waals surface area (Å²) >= 11 is 7.27. The molecule has 2 aromatic carbocycles. The third kappa shape index (κ3) is 4.15. The highest BCUT2D eigenvalue weighted by molar-refractivity contribution is 7.13. The van der Waals surface area contributed by atoms with Gasteiger partial charge in [0.1, 0.15) is 22.6 Å². The molecular weight excluding hydrogens is 389 g/mol. The van der Waals surface area contributed by atoms with Gasteiger partial charge in [-0.3, -0.25) is 9.59 Å². The van der Waals surface area contributed by atoms with E-state index in [-0.39, 0.29) is 5.69 Å². The predicted octanol–water partition coefficient (Wildman–Crippen LogP) is 3.90. The first-order chi connectivity index (χ1) is 12.9. The molecule has 2 N–H and O–H groups in total. The van der Waals surface area contributed by atoms with Crippen molar-refractivity contribution in [3.63, 3.8) is 0 Å². The molecule has 0 aliphatic rings. The molecule has 2 amide bonds. The summed E-state index contributed by atoms with van der Waals surface area (Å²) in [6, 6.07) is 11.4. The molecule has 0 aliphatic heterocycles. The van der Waals surface area contributed by atoms with E-state index >= 15 is 0 Å². The monoisotopic (exact) mass is 403 g/mol. The summed E-state index contributed by atoms with van der Waals surface area (Å²) in [5, 5.41) is 2.78. The molecule has 0 saturated carbocycles. The van der Waals surface area contributed by atoms with Gasteiger partial charge < -0.3 is 10.6 Å². The SMILES string of the molecule is CN(C(=O)c1csc(-c2cccc(Cl)c2)n1)C(C(N)=O)c1cccc(F)c1. The van der Waals surface area contributed by atoms with E-state index in [2.05, 4.69) is 4.98 Å². The largest absolute Gasteiger partial charge is 0.368 e.